The monoisotopic (exact) mass is 1160 g/mol. The first kappa shape index (κ1) is 79.5. The Morgan fingerprint density at radius 1 is 0.373 bits per heavy atom. The molecular formula is C74H132NO8+. The second-order valence-corrected chi connectivity index (χ2v) is 24.5. The van der Waals surface area contributed by atoms with E-state index in [0.717, 1.165) is 77.0 Å². The van der Waals surface area contributed by atoms with Crippen molar-refractivity contribution in [3.8, 4) is 0 Å². The molecule has 0 spiro atoms. The fourth-order valence-corrected chi connectivity index (χ4v) is 9.84. The van der Waals surface area contributed by atoms with E-state index in [2.05, 4.69) is 98.9 Å². The molecule has 2 atom stereocenters. The third-order valence-corrected chi connectivity index (χ3v) is 15.1. The zero-order valence-electron chi connectivity index (χ0n) is 54.8. The Morgan fingerprint density at radius 2 is 0.687 bits per heavy atom. The number of hydrogen-bond acceptors (Lipinski definition) is 7. The Kier molecular flexibility index (Phi) is 61.7. The maximum absolute atomic E-state index is 12.9. The summed E-state index contributed by atoms with van der Waals surface area (Å²) in [4.78, 5) is 37.6. The van der Waals surface area contributed by atoms with Crippen molar-refractivity contribution < 1.29 is 42.9 Å². The molecular weight excluding hydrogens is 1030 g/mol. The van der Waals surface area contributed by atoms with Crippen LogP contribution in [0.25, 0.3) is 0 Å². The molecule has 0 aromatic heterocycles. The predicted molar refractivity (Wildman–Crippen MR) is 355 cm³/mol. The molecule has 0 bridgehead atoms. The molecule has 0 aliphatic carbocycles. The van der Waals surface area contributed by atoms with Crippen molar-refractivity contribution in [1.29, 1.82) is 0 Å². The number of carbonyl (C=O) groups excluding carboxylic acids is 2. The van der Waals surface area contributed by atoms with Gasteiger partial charge in [-0.15, -0.1) is 0 Å². The molecule has 0 fully saturated rings. The Balaban J connectivity index is 4.11. The molecule has 2 unspecified atom stereocenters. The third-order valence-electron chi connectivity index (χ3n) is 15.1. The molecule has 9 heteroatoms. The van der Waals surface area contributed by atoms with Crippen LogP contribution in [-0.2, 0) is 33.3 Å². The number of esters is 2. The molecule has 0 aromatic rings. The van der Waals surface area contributed by atoms with Crippen molar-refractivity contribution in [2.75, 3.05) is 47.5 Å². The van der Waals surface area contributed by atoms with E-state index in [1.54, 1.807) is 0 Å². The van der Waals surface area contributed by atoms with E-state index in [-0.39, 0.29) is 32.2 Å². The lowest BCUT2D eigenvalue weighted by molar-refractivity contribution is -0.870. The Morgan fingerprint density at radius 3 is 1.02 bits per heavy atom. The van der Waals surface area contributed by atoms with Crippen molar-refractivity contribution >= 4 is 17.9 Å². The van der Waals surface area contributed by atoms with Crippen LogP contribution >= 0.6 is 0 Å². The molecule has 0 rings (SSSR count). The van der Waals surface area contributed by atoms with Gasteiger partial charge in [0.25, 0.3) is 6.29 Å². The number of allylic oxidation sites excluding steroid dienone is 14. The second kappa shape index (κ2) is 64.5. The predicted octanol–water partition coefficient (Wildman–Crippen LogP) is 21.5. The Bertz CT molecular complexity index is 1640. The number of carbonyl (C=O) groups is 3. The first-order valence-electron chi connectivity index (χ1n) is 34.8. The Labute approximate surface area is 512 Å². The number of quaternary nitrogens is 1. The molecule has 0 aliphatic rings. The fourth-order valence-electron chi connectivity index (χ4n) is 9.84. The fraction of sp³-hybridized carbons (Fsp3) is 0.770. The normalized spacial score (nSPS) is 13.2. The van der Waals surface area contributed by atoms with Gasteiger partial charge in [0.15, 0.2) is 6.10 Å². The van der Waals surface area contributed by atoms with Crippen LogP contribution in [0.2, 0.25) is 0 Å². The van der Waals surface area contributed by atoms with Crippen LogP contribution in [0.4, 0.5) is 0 Å². The van der Waals surface area contributed by atoms with Crippen LogP contribution in [0.1, 0.15) is 309 Å². The van der Waals surface area contributed by atoms with Gasteiger partial charge in [0, 0.05) is 12.8 Å². The van der Waals surface area contributed by atoms with Gasteiger partial charge in [-0.3, -0.25) is 9.59 Å². The van der Waals surface area contributed by atoms with Crippen molar-refractivity contribution in [1.82, 2.24) is 0 Å². The summed E-state index contributed by atoms with van der Waals surface area (Å²) in [6.07, 6.45) is 84.1. The molecule has 9 nitrogen and oxygen atoms in total. The van der Waals surface area contributed by atoms with Gasteiger partial charge >= 0.3 is 17.9 Å². The van der Waals surface area contributed by atoms with Crippen LogP contribution < -0.4 is 0 Å². The first-order chi connectivity index (χ1) is 40.6. The third kappa shape index (κ3) is 65.9. The van der Waals surface area contributed by atoms with E-state index < -0.39 is 24.3 Å². The average molecular weight is 1160 g/mol. The summed E-state index contributed by atoms with van der Waals surface area (Å²) in [5.41, 5.74) is 0. The van der Waals surface area contributed by atoms with E-state index in [4.69, 9.17) is 18.9 Å². The number of ether oxygens (including phenoxy) is 4. The van der Waals surface area contributed by atoms with Gasteiger partial charge in [0.1, 0.15) is 13.2 Å². The molecule has 0 saturated carbocycles. The number of unbranched alkanes of at least 4 members (excludes halogenated alkanes) is 35. The molecule has 0 radical (unpaired) electrons. The van der Waals surface area contributed by atoms with Gasteiger partial charge in [-0.2, -0.15) is 0 Å². The smallest absolute Gasteiger partial charge is 0.361 e. The van der Waals surface area contributed by atoms with Gasteiger partial charge < -0.3 is 28.5 Å². The van der Waals surface area contributed by atoms with E-state index >= 15 is 0 Å². The van der Waals surface area contributed by atoms with E-state index in [9.17, 15) is 19.5 Å². The number of carboxylic acids is 1. The molecule has 0 aliphatic heterocycles. The quantitative estimate of drug-likeness (QED) is 0.0211. The summed E-state index contributed by atoms with van der Waals surface area (Å²) in [6.45, 7) is 4.78. The lowest BCUT2D eigenvalue weighted by Gasteiger charge is -2.25. The van der Waals surface area contributed by atoms with Gasteiger partial charge in [-0.05, 0) is 89.9 Å². The number of hydrogen-bond donors (Lipinski definition) is 1. The minimum Gasteiger partial charge on any atom is -0.477 e. The van der Waals surface area contributed by atoms with Crippen molar-refractivity contribution in [2.24, 2.45) is 0 Å². The highest BCUT2D eigenvalue weighted by molar-refractivity contribution is 5.71. The zero-order chi connectivity index (χ0) is 60.5. The average Bonchev–Trinajstić information content (AvgIpc) is 3.46. The maximum atomic E-state index is 12.9. The highest BCUT2D eigenvalue weighted by Gasteiger charge is 2.25. The van der Waals surface area contributed by atoms with Gasteiger partial charge in [0.2, 0.25) is 0 Å². The molecule has 0 aromatic carbocycles. The number of nitrogens with zero attached hydrogens (tertiary/aromatic N) is 1. The van der Waals surface area contributed by atoms with Gasteiger partial charge in [-0.25, -0.2) is 4.79 Å². The number of rotatable bonds is 64. The largest absolute Gasteiger partial charge is 0.477 e. The van der Waals surface area contributed by atoms with Crippen molar-refractivity contribution in [2.45, 2.75) is 322 Å². The van der Waals surface area contributed by atoms with Crippen LogP contribution in [0.3, 0.4) is 0 Å². The molecule has 0 amide bonds. The minimum atomic E-state index is -1.51. The summed E-state index contributed by atoms with van der Waals surface area (Å²) < 4.78 is 23.0. The van der Waals surface area contributed by atoms with E-state index in [1.165, 1.54) is 199 Å². The van der Waals surface area contributed by atoms with Gasteiger partial charge in [0.05, 0.1) is 34.4 Å². The molecule has 480 valence electrons. The summed E-state index contributed by atoms with van der Waals surface area (Å²) in [6, 6.07) is 0. The standard InChI is InChI=1S/C74H131NO8/c1-6-8-10-12-14-16-18-20-22-24-26-28-30-32-34-35-36-37-39-40-42-44-46-48-50-52-54-56-58-60-62-64-71(76)81-68-70(69-82-74(73(78)79)80-67-66-75(3,4)5)83-72(77)65-63-61-59-57-55-53-51-49-47-45-43-41-38-33-31-29-27-25-23-21-19-17-15-13-11-9-7-2/h9,11,15,17-18,20-21,23-24,26-27,29,33,38,70,74H,6-8,10,12-14,16,19,22,25,28,30-32,34-37,39-69H2,1-5H3/p+1/b11-9-,17-15-,20-18-,23-21-,26-24-,29-27-,38-33-. The van der Waals surface area contributed by atoms with Gasteiger partial charge in [-0.1, -0.05) is 292 Å². The summed E-state index contributed by atoms with van der Waals surface area (Å²) >= 11 is 0. The molecule has 1 N–H and O–H groups in total. The summed E-state index contributed by atoms with van der Waals surface area (Å²) in [5, 5.41) is 9.75. The highest BCUT2D eigenvalue weighted by Crippen LogP contribution is 2.18. The molecule has 0 saturated heterocycles. The number of carboxylic acid groups (broad SMARTS) is 1. The first-order valence-corrected chi connectivity index (χ1v) is 34.8. The van der Waals surface area contributed by atoms with Crippen LogP contribution in [0.15, 0.2) is 85.1 Å². The van der Waals surface area contributed by atoms with Crippen molar-refractivity contribution in [3.05, 3.63) is 85.1 Å². The number of likely N-dealkylation sites (N-methyl/N-ethyl adjacent to an activating group) is 1. The maximum Gasteiger partial charge on any atom is 0.361 e. The van der Waals surface area contributed by atoms with Crippen LogP contribution in [0, 0.1) is 0 Å². The van der Waals surface area contributed by atoms with E-state index in [1.807, 2.05) is 21.1 Å². The van der Waals surface area contributed by atoms with Crippen molar-refractivity contribution in [3.63, 3.8) is 0 Å². The lowest BCUT2D eigenvalue weighted by Crippen LogP contribution is -2.40. The van der Waals surface area contributed by atoms with Crippen LogP contribution in [-0.4, -0.2) is 87.4 Å². The highest BCUT2D eigenvalue weighted by atomic mass is 16.7. The minimum absolute atomic E-state index is 0.184. The molecule has 0 heterocycles. The van der Waals surface area contributed by atoms with E-state index in [0.29, 0.717) is 23.9 Å². The number of aliphatic carboxylic acids is 1. The topological polar surface area (TPSA) is 108 Å². The Hall–Kier alpha value is -3.53. The lowest BCUT2D eigenvalue weighted by atomic mass is 10.0. The molecule has 83 heavy (non-hydrogen) atoms. The van der Waals surface area contributed by atoms with Crippen LogP contribution in [0.5, 0.6) is 0 Å². The summed E-state index contributed by atoms with van der Waals surface area (Å²) in [5.74, 6) is -2.00. The zero-order valence-corrected chi connectivity index (χ0v) is 54.8. The SMILES string of the molecule is CC/C=C\C/C=C\C/C=C\C/C=C\C/C=C\CCCCCCCCCCCCCC(=O)OC(COC(=O)CCCCCCCCCCCCCCCCCCCCC/C=C\C/C=C\CCCCCCC)COC(OCC[N+](C)(C)C)C(=O)O. The second-order valence-electron chi connectivity index (χ2n) is 24.5. The summed E-state index contributed by atoms with van der Waals surface area (Å²) in [7, 11) is 5.98.